The first-order valence-corrected chi connectivity index (χ1v) is 25.1. The van der Waals surface area contributed by atoms with E-state index in [2.05, 4.69) is 38.2 Å². The number of carbonyl (C=O) groups is 2. The lowest BCUT2D eigenvalue weighted by Crippen LogP contribution is -2.37. The molecule has 0 aromatic carbocycles. The third-order valence-corrected chi connectivity index (χ3v) is 11.2. The summed E-state index contributed by atoms with van der Waals surface area (Å²) in [6.45, 7) is 4.38. The number of quaternary nitrogens is 1. The fraction of sp³-hybridized carbons (Fsp3) is 0.872. The quantitative estimate of drug-likeness (QED) is 0.0213. The number of phosphoric acid groups is 1. The lowest BCUT2D eigenvalue weighted by atomic mass is 10.0. The van der Waals surface area contributed by atoms with Gasteiger partial charge in [0.25, 0.3) is 0 Å². The van der Waals surface area contributed by atoms with Gasteiger partial charge in [-0.3, -0.25) is 18.6 Å². The molecular formula is C47H91NO8P+. The third-order valence-electron chi connectivity index (χ3n) is 10.2. The number of unbranched alkanes of at least 4 members (excludes halogenated alkanes) is 25. The number of carbonyl (C=O) groups excluding carboxylic acids is 2. The maximum Gasteiger partial charge on any atom is 0.472 e. The Labute approximate surface area is 351 Å². The molecule has 0 saturated heterocycles. The Morgan fingerprint density at radius 1 is 0.526 bits per heavy atom. The maximum atomic E-state index is 12.7. The van der Waals surface area contributed by atoms with Gasteiger partial charge < -0.3 is 18.9 Å². The molecule has 0 aliphatic carbocycles. The van der Waals surface area contributed by atoms with Gasteiger partial charge in [0.05, 0.1) is 27.7 Å². The smallest absolute Gasteiger partial charge is 0.462 e. The first-order chi connectivity index (χ1) is 27.5. The predicted octanol–water partition coefficient (Wildman–Crippen LogP) is 13.5. The third kappa shape index (κ3) is 43.9. The van der Waals surface area contributed by atoms with E-state index in [0.717, 1.165) is 44.9 Å². The molecular weight excluding hydrogens is 737 g/mol. The Balaban J connectivity index is 4.27. The summed E-state index contributed by atoms with van der Waals surface area (Å²) in [4.78, 5) is 35.3. The van der Waals surface area contributed by atoms with Gasteiger partial charge in [0.2, 0.25) is 0 Å². The summed E-state index contributed by atoms with van der Waals surface area (Å²) < 4.78 is 34.2. The summed E-state index contributed by atoms with van der Waals surface area (Å²) in [6.07, 6.45) is 43.9. The fourth-order valence-corrected chi connectivity index (χ4v) is 7.25. The highest BCUT2D eigenvalue weighted by Gasteiger charge is 2.27. The number of hydrogen-bond donors (Lipinski definition) is 1. The van der Waals surface area contributed by atoms with Crippen LogP contribution in [0.3, 0.4) is 0 Å². The highest BCUT2D eigenvalue weighted by molar-refractivity contribution is 7.47. The number of esters is 2. The molecule has 2 atom stereocenters. The average Bonchev–Trinajstić information content (AvgIpc) is 3.16. The number of ether oxygens (including phenoxy) is 2. The summed E-state index contributed by atoms with van der Waals surface area (Å²) in [5.41, 5.74) is 0. The lowest BCUT2D eigenvalue weighted by Gasteiger charge is -2.24. The van der Waals surface area contributed by atoms with Crippen LogP contribution in [0.15, 0.2) is 24.3 Å². The van der Waals surface area contributed by atoms with Crippen molar-refractivity contribution in [2.45, 2.75) is 219 Å². The molecule has 336 valence electrons. The number of likely N-dealkylation sites (N-methyl/N-ethyl adjacent to an activating group) is 1. The van der Waals surface area contributed by atoms with Crippen LogP contribution < -0.4 is 0 Å². The molecule has 0 amide bonds. The number of allylic oxidation sites excluding steroid dienone is 4. The van der Waals surface area contributed by atoms with Gasteiger partial charge in [-0.1, -0.05) is 179 Å². The zero-order chi connectivity index (χ0) is 42.1. The first-order valence-electron chi connectivity index (χ1n) is 23.6. The predicted molar refractivity (Wildman–Crippen MR) is 238 cm³/mol. The van der Waals surface area contributed by atoms with Crippen LogP contribution >= 0.6 is 7.82 Å². The molecule has 0 aromatic rings. The lowest BCUT2D eigenvalue weighted by molar-refractivity contribution is -0.870. The van der Waals surface area contributed by atoms with Crippen molar-refractivity contribution < 1.29 is 42.1 Å². The van der Waals surface area contributed by atoms with Crippen molar-refractivity contribution in [1.82, 2.24) is 0 Å². The van der Waals surface area contributed by atoms with Gasteiger partial charge in [-0.15, -0.1) is 0 Å². The Hall–Kier alpha value is -1.51. The average molecular weight is 829 g/mol. The summed E-state index contributed by atoms with van der Waals surface area (Å²) in [5, 5.41) is 0. The number of nitrogens with zero attached hydrogens (tertiary/aromatic N) is 1. The minimum atomic E-state index is -4.38. The maximum absolute atomic E-state index is 12.7. The van der Waals surface area contributed by atoms with Crippen molar-refractivity contribution in [2.24, 2.45) is 0 Å². The number of phosphoric ester groups is 1. The van der Waals surface area contributed by atoms with Gasteiger partial charge in [0.15, 0.2) is 6.10 Å². The molecule has 0 rings (SSSR count). The van der Waals surface area contributed by atoms with E-state index in [9.17, 15) is 19.0 Å². The van der Waals surface area contributed by atoms with Crippen LogP contribution in [0.5, 0.6) is 0 Å². The molecule has 0 spiro atoms. The molecule has 0 bridgehead atoms. The van der Waals surface area contributed by atoms with Crippen molar-refractivity contribution in [3.8, 4) is 0 Å². The second-order valence-corrected chi connectivity index (χ2v) is 18.6. The molecule has 9 nitrogen and oxygen atoms in total. The van der Waals surface area contributed by atoms with E-state index >= 15 is 0 Å². The standard InChI is InChI=1S/C47H90NO8P/c1-6-8-10-12-14-16-18-19-20-21-22-23-24-25-26-27-28-29-30-32-34-36-38-40-47(50)56-45(44-55-57(51,52)54-42-41-48(3,4)5)43-53-46(49)39-37-35-33-31-17-15-13-11-9-7-2/h27-28,32,34,45H,6-26,29-31,33,35-44H2,1-5H3/p+1/b28-27+,34-32+/t45-/m1/s1. The zero-order valence-electron chi connectivity index (χ0n) is 37.8. The second-order valence-electron chi connectivity index (χ2n) is 17.1. The van der Waals surface area contributed by atoms with Gasteiger partial charge in [-0.05, 0) is 44.9 Å². The van der Waals surface area contributed by atoms with Gasteiger partial charge in [0, 0.05) is 12.8 Å². The molecule has 0 fully saturated rings. The number of hydrogen-bond acceptors (Lipinski definition) is 7. The zero-order valence-corrected chi connectivity index (χ0v) is 38.7. The summed E-state index contributed by atoms with van der Waals surface area (Å²) >= 11 is 0. The molecule has 0 saturated carbocycles. The number of rotatable bonds is 43. The molecule has 1 N–H and O–H groups in total. The summed E-state index contributed by atoms with van der Waals surface area (Å²) in [7, 11) is 1.46. The van der Waals surface area contributed by atoms with Crippen LogP contribution in [0.25, 0.3) is 0 Å². The first kappa shape index (κ1) is 55.5. The summed E-state index contributed by atoms with van der Waals surface area (Å²) in [5.74, 6) is -0.843. The van der Waals surface area contributed by atoms with E-state index in [1.807, 2.05) is 21.1 Å². The van der Waals surface area contributed by atoms with E-state index in [-0.39, 0.29) is 32.0 Å². The van der Waals surface area contributed by atoms with E-state index in [1.54, 1.807) is 0 Å². The normalized spacial score (nSPS) is 13.7. The SMILES string of the molecule is CCCCCCCCCCCCCCCC/C=C/CC/C=C/CCCC(=O)O[C@H](COC(=O)CCCCCCCCCCCC)COP(=O)(O)OCC[N+](C)(C)C. The molecule has 10 heteroatoms. The topological polar surface area (TPSA) is 108 Å². The molecule has 1 unspecified atom stereocenters. The van der Waals surface area contributed by atoms with E-state index in [4.69, 9.17) is 18.5 Å². The second kappa shape index (κ2) is 39.9. The van der Waals surface area contributed by atoms with Crippen LogP contribution in [0, 0.1) is 0 Å². The van der Waals surface area contributed by atoms with Gasteiger partial charge in [-0.25, -0.2) is 4.57 Å². The Bertz CT molecular complexity index is 1030. The Kier molecular flexibility index (Phi) is 38.9. The van der Waals surface area contributed by atoms with Crippen molar-refractivity contribution in [3.63, 3.8) is 0 Å². The Morgan fingerprint density at radius 2 is 0.930 bits per heavy atom. The van der Waals surface area contributed by atoms with Crippen LogP contribution in [-0.2, 0) is 32.7 Å². The molecule has 0 aromatic heterocycles. The highest BCUT2D eigenvalue weighted by atomic mass is 31.2. The van der Waals surface area contributed by atoms with Crippen molar-refractivity contribution in [1.29, 1.82) is 0 Å². The van der Waals surface area contributed by atoms with Gasteiger partial charge in [-0.2, -0.15) is 0 Å². The van der Waals surface area contributed by atoms with Crippen LogP contribution in [0.4, 0.5) is 0 Å². The van der Waals surface area contributed by atoms with Gasteiger partial charge >= 0.3 is 19.8 Å². The van der Waals surface area contributed by atoms with Crippen molar-refractivity contribution in [3.05, 3.63) is 24.3 Å². The fourth-order valence-electron chi connectivity index (χ4n) is 6.51. The van der Waals surface area contributed by atoms with Crippen molar-refractivity contribution in [2.75, 3.05) is 47.5 Å². The molecule has 57 heavy (non-hydrogen) atoms. The van der Waals surface area contributed by atoms with Gasteiger partial charge in [0.1, 0.15) is 19.8 Å². The Morgan fingerprint density at radius 3 is 1.40 bits per heavy atom. The largest absolute Gasteiger partial charge is 0.472 e. The highest BCUT2D eigenvalue weighted by Crippen LogP contribution is 2.43. The van der Waals surface area contributed by atoms with Crippen LogP contribution in [-0.4, -0.2) is 74.9 Å². The molecule has 0 aliphatic heterocycles. The molecule has 0 radical (unpaired) electrons. The summed E-state index contributed by atoms with van der Waals surface area (Å²) in [6, 6.07) is 0. The minimum absolute atomic E-state index is 0.0267. The molecule has 0 aliphatic rings. The van der Waals surface area contributed by atoms with Crippen molar-refractivity contribution >= 4 is 19.8 Å². The van der Waals surface area contributed by atoms with E-state index in [1.165, 1.54) is 135 Å². The molecule has 0 heterocycles. The van der Waals surface area contributed by atoms with E-state index in [0.29, 0.717) is 17.4 Å². The monoisotopic (exact) mass is 829 g/mol. The van der Waals surface area contributed by atoms with Crippen LogP contribution in [0.2, 0.25) is 0 Å². The van der Waals surface area contributed by atoms with Crippen LogP contribution in [0.1, 0.15) is 213 Å². The minimum Gasteiger partial charge on any atom is -0.462 e. The van der Waals surface area contributed by atoms with E-state index < -0.39 is 26.5 Å².